The molecular formula is C12H18N2O3. The Balaban J connectivity index is 2.37. The molecule has 0 aliphatic rings. The number of hydrogen-bond donors (Lipinski definition) is 3. The standard InChI is InChI=1S/C12H18N2O3/c13-6-8-17-9-12(16)14-11-3-1-10(2-4-11)5-7-15/h1-4,15H,5-9,13H2,(H,14,16). The van der Waals surface area contributed by atoms with Crippen LogP contribution in [0, 0.1) is 0 Å². The lowest BCUT2D eigenvalue weighted by Crippen LogP contribution is -2.20. The van der Waals surface area contributed by atoms with E-state index in [0.717, 1.165) is 5.56 Å². The molecule has 0 heterocycles. The number of rotatable bonds is 7. The van der Waals surface area contributed by atoms with Crippen molar-refractivity contribution in [2.24, 2.45) is 5.73 Å². The van der Waals surface area contributed by atoms with E-state index in [4.69, 9.17) is 15.6 Å². The summed E-state index contributed by atoms with van der Waals surface area (Å²) < 4.78 is 5.01. The molecule has 0 atom stereocenters. The van der Waals surface area contributed by atoms with Gasteiger partial charge in [0, 0.05) is 18.8 Å². The Morgan fingerprint density at radius 3 is 2.65 bits per heavy atom. The van der Waals surface area contributed by atoms with Gasteiger partial charge in [0.1, 0.15) is 6.61 Å². The van der Waals surface area contributed by atoms with Gasteiger partial charge in [0.25, 0.3) is 0 Å². The highest BCUT2D eigenvalue weighted by Gasteiger charge is 2.02. The molecule has 0 radical (unpaired) electrons. The zero-order valence-electron chi connectivity index (χ0n) is 9.69. The molecule has 4 N–H and O–H groups in total. The van der Waals surface area contributed by atoms with E-state index in [2.05, 4.69) is 5.32 Å². The van der Waals surface area contributed by atoms with Crippen LogP contribution in [0.15, 0.2) is 24.3 Å². The number of nitrogens with two attached hydrogens (primary N) is 1. The lowest BCUT2D eigenvalue weighted by molar-refractivity contribution is -0.120. The van der Waals surface area contributed by atoms with E-state index in [1.807, 2.05) is 12.1 Å². The van der Waals surface area contributed by atoms with Crippen molar-refractivity contribution in [3.63, 3.8) is 0 Å². The van der Waals surface area contributed by atoms with E-state index < -0.39 is 0 Å². The highest BCUT2D eigenvalue weighted by atomic mass is 16.5. The Morgan fingerprint density at radius 2 is 2.06 bits per heavy atom. The highest BCUT2D eigenvalue weighted by molar-refractivity contribution is 5.91. The van der Waals surface area contributed by atoms with Crippen LogP contribution >= 0.6 is 0 Å². The van der Waals surface area contributed by atoms with Crippen molar-refractivity contribution >= 4 is 11.6 Å². The minimum absolute atomic E-state index is 0.00952. The maximum atomic E-state index is 11.4. The van der Waals surface area contributed by atoms with Gasteiger partial charge in [-0.1, -0.05) is 12.1 Å². The molecule has 94 valence electrons. The van der Waals surface area contributed by atoms with Crippen LogP contribution in [0.3, 0.4) is 0 Å². The van der Waals surface area contributed by atoms with Crippen LogP contribution in [0.25, 0.3) is 0 Å². The fourth-order valence-corrected chi connectivity index (χ4v) is 1.33. The molecule has 1 amide bonds. The van der Waals surface area contributed by atoms with Crippen molar-refractivity contribution in [1.82, 2.24) is 0 Å². The van der Waals surface area contributed by atoms with Crippen LogP contribution in [0.2, 0.25) is 0 Å². The average Bonchev–Trinajstić information content (AvgIpc) is 2.32. The van der Waals surface area contributed by atoms with Gasteiger partial charge in [-0.25, -0.2) is 0 Å². The van der Waals surface area contributed by atoms with Gasteiger partial charge in [-0.3, -0.25) is 4.79 Å². The van der Waals surface area contributed by atoms with Crippen molar-refractivity contribution < 1.29 is 14.6 Å². The largest absolute Gasteiger partial charge is 0.396 e. The molecule has 5 nitrogen and oxygen atoms in total. The van der Waals surface area contributed by atoms with E-state index in [0.29, 0.717) is 25.3 Å². The predicted octanol–water partition coefficient (Wildman–Crippen LogP) is 0.135. The van der Waals surface area contributed by atoms with Crippen molar-refractivity contribution in [1.29, 1.82) is 0 Å². The predicted molar refractivity (Wildman–Crippen MR) is 65.7 cm³/mol. The van der Waals surface area contributed by atoms with Crippen molar-refractivity contribution in [3.05, 3.63) is 29.8 Å². The van der Waals surface area contributed by atoms with E-state index in [9.17, 15) is 4.79 Å². The SMILES string of the molecule is NCCOCC(=O)Nc1ccc(CCO)cc1. The first-order chi connectivity index (χ1) is 8.26. The normalized spacial score (nSPS) is 10.2. The molecule has 0 saturated heterocycles. The quantitative estimate of drug-likeness (QED) is 0.590. The Kier molecular flexibility index (Phi) is 6.24. The summed E-state index contributed by atoms with van der Waals surface area (Å²) in [4.78, 5) is 11.4. The number of aliphatic hydroxyl groups excluding tert-OH is 1. The summed E-state index contributed by atoms with van der Waals surface area (Å²) in [6.07, 6.45) is 0.619. The van der Waals surface area contributed by atoms with Gasteiger partial charge < -0.3 is 20.9 Å². The molecule has 1 rings (SSSR count). The molecule has 0 unspecified atom stereocenters. The van der Waals surface area contributed by atoms with E-state index in [1.165, 1.54) is 0 Å². The summed E-state index contributed by atoms with van der Waals surface area (Å²) in [5.41, 5.74) is 6.98. The van der Waals surface area contributed by atoms with Gasteiger partial charge in [-0.05, 0) is 24.1 Å². The monoisotopic (exact) mass is 238 g/mol. The number of aliphatic hydroxyl groups is 1. The summed E-state index contributed by atoms with van der Waals surface area (Å²) in [6, 6.07) is 7.33. The second kappa shape index (κ2) is 7.78. The van der Waals surface area contributed by atoms with Gasteiger partial charge in [0.05, 0.1) is 6.61 Å². The first-order valence-electron chi connectivity index (χ1n) is 5.53. The number of hydrogen-bond acceptors (Lipinski definition) is 4. The van der Waals surface area contributed by atoms with Crippen LogP contribution in [0.5, 0.6) is 0 Å². The molecule has 0 saturated carbocycles. The van der Waals surface area contributed by atoms with E-state index >= 15 is 0 Å². The molecule has 5 heteroatoms. The third-order valence-electron chi connectivity index (χ3n) is 2.13. The van der Waals surface area contributed by atoms with Crippen LogP contribution < -0.4 is 11.1 Å². The van der Waals surface area contributed by atoms with Crippen molar-refractivity contribution in [3.8, 4) is 0 Å². The lowest BCUT2D eigenvalue weighted by atomic mass is 10.1. The summed E-state index contributed by atoms with van der Waals surface area (Å²) in [7, 11) is 0. The first kappa shape index (κ1) is 13.6. The zero-order chi connectivity index (χ0) is 12.5. The molecule has 17 heavy (non-hydrogen) atoms. The summed E-state index contributed by atoms with van der Waals surface area (Å²) in [5.74, 6) is -0.201. The number of nitrogens with one attached hydrogen (secondary N) is 1. The minimum atomic E-state index is -0.201. The maximum Gasteiger partial charge on any atom is 0.250 e. The van der Waals surface area contributed by atoms with Gasteiger partial charge in [0.15, 0.2) is 0 Å². The van der Waals surface area contributed by atoms with Gasteiger partial charge in [0.2, 0.25) is 5.91 Å². The number of amides is 1. The van der Waals surface area contributed by atoms with E-state index in [-0.39, 0.29) is 19.1 Å². The van der Waals surface area contributed by atoms with Crippen molar-refractivity contribution in [2.45, 2.75) is 6.42 Å². The number of benzene rings is 1. The third kappa shape index (κ3) is 5.44. The number of carbonyl (C=O) groups excluding carboxylic acids is 1. The van der Waals surface area contributed by atoms with Crippen LogP contribution in [-0.2, 0) is 16.0 Å². The third-order valence-corrected chi connectivity index (χ3v) is 2.13. The maximum absolute atomic E-state index is 11.4. The highest BCUT2D eigenvalue weighted by Crippen LogP contribution is 2.09. The summed E-state index contributed by atoms with van der Waals surface area (Å²) >= 11 is 0. The molecule has 0 bridgehead atoms. The molecule has 0 spiro atoms. The Hall–Kier alpha value is -1.43. The molecule has 0 aromatic heterocycles. The summed E-state index contributed by atoms with van der Waals surface area (Å²) in [5, 5.41) is 11.5. The molecular weight excluding hydrogens is 220 g/mol. The van der Waals surface area contributed by atoms with Crippen LogP contribution in [0.4, 0.5) is 5.69 Å². The first-order valence-corrected chi connectivity index (χ1v) is 5.53. The number of anilines is 1. The molecule has 1 aromatic rings. The second-order valence-electron chi connectivity index (χ2n) is 3.56. The van der Waals surface area contributed by atoms with Crippen molar-refractivity contribution in [2.75, 3.05) is 31.7 Å². The molecule has 0 fully saturated rings. The zero-order valence-corrected chi connectivity index (χ0v) is 9.69. The second-order valence-corrected chi connectivity index (χ2v) is 3.56. The Morgan fingerprint density at radius 1 is 1.35 bits per heavy atom. The number of carbonyl (C=O) groups is 1. The topological polar surface area (TPSA) is 84.6 Å². The molecule has 1 aromatic carbocycles. The van der Waals surface area contributed by atoms with Crippen LogP contribution in [-0.4, -0.2) is 37.4 Å². The van der Waals surface area contributed by atoms with Crippen LogP contribution in [0.1, 0.15) is 5.56 Å². The fourth-order valence-electron chi connectivity index (χ4n) is 1.33. The van der Waals surface area contributed by atoms with Gasteiger partial charge in [-0.2, -0.15) is 0 Å². The van der Waals surface area contributed by atoms with E-state index in [1.54, 1.807) is 12.1 Å². The Bertz CT molecular complexity index is 338. The summed E-state index contributed by atoms with van der Waals surface area (Å²) in [6.45, 7) is 0.917. The fraction of sp³-hybridized carbons (Fsp3) is 0.417. The lowest BCUT2D eigenvalue weighted by Gasteiger charge is -2.06. The average molecular weight is 238 g/mol. The molecule has 0 aliphatic heterocycles. The smallest absolute Gasteiger partial charge is 0.250 e. The molecule has 0 aliphatic carbocycles. The van der Waals surface area contributed by atoms with Gasteiger partial charge >= 0.3 is 0 Å². The minimum Gasteiger partial charge on any atom is -0.396 e. The Labute approximate surface area is 101 Å². The number of ether oxygens (including phenoxy) is 1. The van der Waals surface area contributed by atoms with Gasteiger partial charge in [-0.15, -0.1) is 0 Å².